The molecule has 0 unspecified atom stereocenters. The molecule has 1 heterocycles. The Labute approximate surface area is 105 Å². The minimum atomic E-state index is 0.110. The van der Waals surface area contributed by atoms with Gasteiger partial charge in [-0.05, 0) is 44.7 Å². The van der Waals surface area contributed by atoms with Crippen LogP contribution in [0.4, 0.5) is 0 Å². The van der Waals surface area contributed by atoms with Crippen molar-refractivity contribution in [3.05, 3.63) is 0 Å². The van der Waals surface area contributed by atoms with Crippen LogP contribution in [-0.4, -0.2) is 24.5 Å². The highest BCUT2D eigenvalue weighted by molar-refractivity contribution is 5.76. The van der Waals surface area contributed by atoms with Gasteiger partial charge in [-0.2, -0.15) is 0 Å². The molecular weight excluding hydrogens is 212 g/mol. The monoisotopic (exact) mass is 238 g/mol. The lowest BCUT2D eigenvalue weighted by Gasteiger charge is -2.46. The van der Waals surface area contributed by atoms with E-state index in [2.05, 4.69) is 10.6 Å². The molecule has 0 atom stereocenters. The summed E-state index contributed by atoms with van der Waals surface area (Å²) in [6.45, 7) is 4.06. The van der Waals surface area contributed by atoms with Gasteiger partial charge in [0.15, 0.2) is 0 Å². The van der Waals surface area contributed by atoms with E-state index in [0.29, 0.717) is 12.3 Å². The predicted molar refractivity (Wildman–Crippen MR) is 69.8 cm³/mol. The average Bonchev–Trinajstić information content (AvgIpc) is 2.40. The highest BCUT2D eigenvalue weighted by atomic mass is 16.1. The van der Waals surface area contributed by atoms with Gasteiger partial charge in [-0.25, -0.2) is 0 Å². The van der Waals surface area contributed by atoms with E-state index in [1.165, 1.54) is 32.1 Å². The SMILES string of the molecule is CCC(=O)NC1(C2CCCCC2)CCNCC1. The Kier molecular flexibility index (Phi) is 4.43. The topological polar surface area (TPSA) is 41.1 Å². The van der Waals surface area contributed by atoms with Crippen molar-refractivity contribution < 1.29 is 4.79 Å². The molecule has 2 fully saturated rings. The second-order valence-corrected chi connectivity index (χ2v) is 5.64. The first-order valence-electron chi connectivity index (χ1n) is 7.28. The van der Waals surface area contributed by atoms with E-state index < -0.39 is 0 Å². The van der Waals surface area contributed by atoms with Crippen LogP contribution in [0.3, 0.4) is 0 Å². The van der Waals surface area contributed by atoms with Crippen molar-refractivity contribution in [2.75, 3.05) is 13.1 Å². The molecule has 0 spiro atoms. The molecule has 98 valence electrons. The largest absolute Gasteiger partial charge is 0.350 e. The highest BCUT2D eigenvalue weighted by Gasteiger charge is 2.40. The fourth-order valence-electron chi connectivity index (χ4n) is 3.53. The molecule has 1 aliphatic heterocycles. The van der Waals surface area contributed by atoms with E-state index in [9.17, 15) is 4.79 Å². The highest BCUT2D eigenvalue weighted by Crippen LogP contribution is 2.37. The zero-order valence-corrected chi connectivity index (χ0v) is 11.1. The Morgan fingerprint density at radius 3 is 2.47 bits per heavy atom. The van der Waals surface area contributed by atoms with Crippen LogP contribution in [0.25, 0.3) is 0 Å². The van der Waals surface area contributed by atoms with Crippen LogP contribution in [0.1, 0.15) is 58.3 Å². The smallest absolute Gasteiger partial charge is 0.220 e. The van der Waals surface area contributed by atoms with Gasteiger partial charge in [0.05, 0.1) is 0 Å². The number of carbonyl (C=O) groups is 1. The summed E-state index contributed by atoms with van der Waals surface area (Å²) in [4.78, 5) is 11.8. The normalized spacial score (nSPS) is 25.5. The van der Waals surface area contributed by atoms with Crippen LogP contribution in [0.15, 0.2) is 0 Å². The van der Waals surface area contributed by atoms with Gasteiger partial charge in [0.25, 0.3) is 0 Å². The summed E-state index contributed by atoms with van der Waals surface area (Å²) in [5.74, 6) is 0.950. The van der Waals surface area contributed by atoms with Gasteiger partial charge < -0.3 is 10.6 Å². The minimum Gasteiger partial charge on any atom is -0.350 e. The zero-order valence-electron chi connectivity index (χ0n) is 11.1. The molecule has 0 bridgehead atoms. The van der Waals surface area contributed by atoms with E-state index >= 15 is 0 Å². The van der Waals surface area contributed by atoms with Crippen molar-refractivity contribution in [3.8, 4) is 0 Å². The van der Waals surface area contributed by atoms with E-state index in [1.807, 2.05) is 6.92 Å². The van der Waals surface area contributed by atoms with Crippen molar-refractivity contribution in [2.24, 2.45) is 5.92 Å². The van der Waals surface area contributed by atoms with Crippen LogP contribution in [0.2, 0.25) is 0 Å². The summed E-state index contributed by atoms with van der Waals surface area (Å²) >= 11 is 0. The molecule has 1 saturated carbocycles. The summed E-state index contributed by atoms with van der Waals surface area (Å²) in [6.07, 6.45) is 9.54. The number of amides is 1. The quantitative estimate of drug-likeness (QED) is 0.791. The third kappa shape index (κ3) is 3.01. The lowest BCUT2D eigenvalue weighted by Crippen LogP contribution is -2.59. The summed E-state index contributed by atoms with van der Waals surface area (Å²) in [6, 6.07) is 0. The number of nitrogens with one attached hydrogen (secondary N) is 2. The molecule has 17 heavy (non-hydrogen) atoms. The third-order valence-electron chi connectivity index (χ3n) is 4.59. The van der Waals surface area contributed by atoms with Crippen LogP contribution in [-0.2, 0) is 4.79 Å². The molecule has 2 aliphatic rings. The fraction of sp³-hybridized carbons (Fsp3) is 0.929. The van der Waals surface area contributed by atoms with Crippen LogP contribution in [0, 0.1) is 5.92 Å². The van der Waals surface area contributed by atoms with Crippen LogP contribution < -0.4 is 10.6 Å². The molecule has 1 saturated heterocycles. The second-order valence-electron chi connectivity index (χ2n) is 5.64. The maximum atomic E-state index is 11.8. The first-order chi connectivity index (χ1) is 8.27. The summed E-state index contributed by atoms with van der Waals surface area (Å²) in [5.41, 5.74) is 0.110. The maximum Gasteiger partial charge on any atom is 0.220 e. The van der Waals surface area contributed by atoms with Crippen molar-refractivity contribution >= 4 is 5.91 Å². The predicted octanol–water partition coefficient (Wildman–Crippen LogP) is 2.22. The van der Waals surface area contributed by atoms with Crippen molar-refractivity contribution in [1.29, 1.82) is 0 Å². The van der Waals surface area contributed by atoms with Gasteiger partial charge in [0.1, 0.15) is 0 Å². The van der Waals surface area contributed by atoms with Crippen molar-refractivity contribution in [1.82, 2.24) is 10.6 Å². The standard InChI is InChI=1S/C14H26N2O/c1-2-13(17)16-14(8-10-15-11-9-14)12-6-4-3-5-7-12/h12,15H,2-11H2,1H3,(H,16,17). The molecule has 2 N–H and O–H groups in total. The number of rotatable bonds is 3. The number of hydrogen-bond donors (Lipinski definition) is 2. The summed E-state index contributed by atoms with van der Waals surface area (Å²) in [5, 5.41) is 6.79. The molecule has 0 aromatic carbocycles. The minimum absolute atomic E-state index is 0.110. The van der Waals surface area contributed by atoms with Gasteiger partial charge in [-0.15, -0.1) is 0 Å². The van der Waals surface area contributed by atoms with Gasteiger partial charge in [-0.3, -0.25) is 4.79 Å². The summed E-state index contributed by atoms with van der Waals surface area (Å²) < 4.78 is 0. The van der Waals surface area contributed by atoms with Gasteiger partial charge in [0, 0.05) is 12.0 Å². The first-order valence-corrected chi connectivity index (χ1v) is 7.28. The van der Waals surface area contributed by atoms with Crippen molar-refractivity contribution in [3.63, 3.8) is 0 Å². The van der Waals surface area contributed by atoms with Gasteiger partial charge in [-0.1, -0.05) is 26.2 Å². The zero-order chi connectivity index (χ0) is 12.1. The van der Waals surface area contributed by atoms with Crippen molar-refractivity contribution in [2.45, 2.75) is 63.8 Å². The molecule has 3 nitrogen and oxygen atoms in total. The molecular formula is C14H26N2O. The molecule has 1 aliphatic carbocycles. The molecule has 1 amide bonds. The molecule has 0 aromatic heterocycles. The Morgan fingerprint density at radius 2 is 1.88 bits per heavy atom. The number of carbonyl (C=O) groups excluding carboxylic acids is 1. The maximum absolute atomic E-state index is 11.8. The second kappa shape index (κ2) is 5.85. The number of piperidine rings is 1. The van der Waals surface area contributed by atoms with Gasteiger partial charge in [0.2, 0.25) is 5.91 Å². The van der Waals surface area contributed by atoms with E-state index in [0.717, 1.165) is 25.9 Å². The fourth-order valence-corrected chi connectivity index (χ4v) is 3.53. The molecule has 3 heteroatoms. The Morgan fingerprint density at radius 1 is 1.24 bits per heavy atom. The van der Waals surface area contributed by atoms with E-state index in [4.69, 9.17) is 0 Å². The lowest BCUT2D eigenvalue weighted by atomic mass is 9.70. The average molecular weight is 238 g/mol. The Balaban J connectivity index is 2.07. The Bertz CT molecular complexity index is 253. The lowest BCUT2D eigenvalue weighted by molar-refractivity contribution is -0.124. The van der Waals surface area contributed by atoms with E-state index in [1.54, 1.807) is 0 Å². The molecule has 2 rings (SSSR count). The van der Waals surface area contributed by atoms with Crippen LogP contribution >= 0.6 is 0 Å². The van der Waals surface area contributed by atoms with E-state index in [-0.39, 0.29) is 11.4 Å². The first kappa shape index (κ1) is 12.9. The molecule has 0 radical (unpaired) electrons. The Hall–Kier alpha value is -0.570. The van der Waals surface area contributed by atoms with Gasteiger partial charge >= 0.3 is 0 Å². The third-order valence-corrected chi connectivity index (χ3v) is 4.59. The molecule has 0 aromatic rings. The summed E-state index contributed by atoms with van der Waals surface area (Å²) in [7, 11) is 0. The van der Waals surface area contributed by atoms with Crippen LogP contribution in [0.5, 0.6) is 0 Å². The number of hydrogen-bond acceptors (Lipinski definition) is 2.